The Kier molecular flexibility index (Phi) is 3.81. The number of anilines is 1. The van der Waals surface area contributed by atoms with Gasteiger partial charge in [0.2, 0.25) is 0 Å². The summed E-state index contributed by atoms with van der Waals surface area (Å²) in [6.45, 7) is 0. The summed E-state index contributed by atoms with van der Waals surface area (Å²) >= 11 is 5.90. The number of hydrogen-bond donors (Lipinski definition) is 1. The molecule has 1 aliphatic rings. The second-order valence-electron chi connectivity index (χ2n) is 4.87. The van der Waals surface area contributed by atoms with Gasteiger partial charge in [-0.25, -0.2) is 9.18 Å². The Morgan fingerprint density at radius 3 is 2.82 bits per heavy atom. The lowest BCUT2D eigenvalue weighted by atomic mass is 9.98. The SMILES string of the molecule is O=C1OC(C(=O)Nc2ccccc2F)Cc2cc(Cl)ccc21. The molecular weight excluding hydrogens is 309 g/mol. The number of hydrogen-bond acceptors (Lipinski definition) is 3. The van der Waals surface area contributed by atoms with Crippen LogP contribution in [-0.4, -0.2) is 18.0 Å². The van der Waals surface area contributed by atoms with Crippen LogP contribution in [0, 0.1) is 5.82 Å². The molecule has 0 fully saturated rings. The fourth-order valence-corrected chi connectivity index (χ4v) is 2.48. The second kappa shape index (κ2) is 5.77. The summed E-state index contributed by atoms with van der Waals surface area (Å²) in [4.78, 5) is 24.1. The normalized spacial score (nSPS) is 16.6. The molecule has 3 rings (SSSR count). The molecule has 0 aromatic heterocycles. The van der Waals surface area contributed by atoms with E-state index in [0.29, 0.717) is 16.1 Å². The highest BCUT2D eigenvalue weighted by Gasteiger charge is 2.31. The van der Waals surface area contributed by atoms with Crippen molar-refractivity contribution < 1.29 is 18.7 Å². The molecule has 2 aromatic carbocycles. The summed E-state index contributed by atoms with van der Waals surface area (Å²) in [5.41, 5.74) is 1.07. The molecule has 0 aliphatic carbocycles. The van der Waals surface area contributed by atoms with Gasteiger partial charge in [0.25, 0.3) is 5.91 Å². The number of carbonyl (C=O) groups excluding carboxylic acids is 2. The first-order chi connectivity index (χ1) is 10.5. The van der Waals surface area contributed by atoms with Gasteiger partial charge in [-0.1, -0.05) is 23.7 Å². The number of rotatable bonds is 2. The quantitative estimate of drug-likeness (QED) is 0.865. The van der Waals surface area contributed by atoms with Crippen molar-refractivity contribution in [3.63, 3.8) is 0 Å². The van der Waals surface area contributed by atoms with Gasteiger partial charge in [0, 0.05) is 11.4 Å². The van der Waals surface area contributed by atoms with E-state index in [1.807, 2.05) is 0 Å². The number of fused-ring (bicyclic) bond motifs is 1. The lowest BCUT2D eigenvalue weighted by Gasteiger charge is -2.24. The number of para-hydroxylation sites is 1. The maximum absolute atomic E-state index is 13.5. The molecule has 0 spiro atoms. The van der Waals surface area contributed by atoms with Gasteiger partial charge in [-0.15, -0.1) is 0 Å². The van der Waals surface area contributed by atoms with Crippen molar-refractivity contribution in [1.82, 2.24) is 0 Å². The number of cyclic esters (lactones) is 1. The number of carbonyl (C=O) groups is 2. The summed E-state index contributed by atoms with van der Waals surface area (Å²) in [5.74, 6) is -1.72. The molecule has 1 N–H and O–H groups in total. The topological polar surface area (TPSA) is 55.4 Å². The maximum Gasteiger partial charge on any atom is 0.339 e. The van der Waals surface area contributed by atoms with E-state index in [9.17, 15) is 14.0 Å². The van der Waals surface area contributed by atoms with Crippen LogP contribution in [0.15, 0.2) is 42.5 Å². The van der Waals surface area contributed by atoms with E-state index >= 15 is 0 Å². The van der Waals surface area contributed by atoms with E-state index in [1.54, 1.807) is 24.3 Å². The van der Waals surface area contributed by atoms with Gasteiger partial charge < -0.3 is 10.1 Å². The number of benzene rings is 2. The molecule has 22 heavy (non-hydrogen) atoms. The third-order valence-corrected chi connectivity index (χ3v) is 3.60. The molecule has 0 radical (unpaired) electrons. The first-order valence-corrected chi connectivity index (χ1v) is 6.97. The molecule has 4 nitrogen and oxygen atoms in total. The van der Waals surface area contributed by atoms with Gasteiger partial charge in [-0.05, 0) is 35.9 Å². The Balaban J connectivity index is 1.80. The minimum Gasteiger partial charge on any atom is -0.448 e. The van der Waals surface area contributed by atoms with E-state index in [-0.39, 0.29) is 12.1 Å². The van der Waals surface area contributed by atoms with Crippen molar-refractivity contribution >= 4 is 29.2 Å². The van der Waals surface area contributed by atoms with Gasteiger partial charge in [-0.2, -0.15) is 0 Å². The van der Waals surface area contributed by atoms with Crippen molar-refractivity contribution in [1.29, 1.82) is 0 Å². The Morgan fingerprint density at radius 1 is 1.27 bits per heavy atom. The number of halogens is 2. The van der Waals surface area contributed by atoms with Crippen LogP contribution in [0.5, 0.6) is 0 Å². The zero-order valence-corrected chi connectivity index (χ0v) is 12.1. The summed E-state index contributed by atoms with van der Waals surface area (Å²) in [6.07, 6.45) is -0.819. The predicted octanol–water partition coefficient (Wildman–Crippen LogP) is 3.20. The molecule has 2 aromatic rings. The van der Waals surface area contributed by atoms with Crippen LogP contribution in [-0.2, 0) is 16.0 Å². The lowest BCUT2D eigenvalue weighted by Crippen LogP contribution is -2.38. The monoisotopic (exact) mass is 319 g/mol. The van der Waals surface area contributed by atoms with Crippen LogP contribution in [0.3, 0.4) is 0 Å². The van der Waals surface area contributed by atoms with Gasteiger partial charge in [0.1, 0.15) is 5.82 Å². The summed E-state index contributed by atoms with van der Waals surface area (Å²) in [5, 5.41) is 2.90. The summed E-state index contributed by atoms with van der Waals surface area (Å²) in [6, 6.07) is 10.6. The lowest BCUT2D eigenvalue weighted by molar-refractivity contribution is -0.125. The first-order valence-electron chi connectivity index (χ1n) is 6.59. The van der Waals surface area contributed by atoms with E-state index < -0.39 is 23.8 Å². The number of ether oxygens (including phenoxy) is 1. The van der Waals surface area contributed by atoms with Crippen LogP contribution >= 0.6 is 11.6 Å². The molecule has 0 bridgehead atoms. The van der Waals surface area contributed by atoms with E-state index in [0.717, 1.165) is 0 Å². The molecule has 1 amide bonds. The van der Waals surface area contributed by atoms with Gasteiger partial charge in [0.15, 0.2) is 6.10 Å². The molecule has 112 valence electrons. The summed E-state index contributed by atoms with van der Waals surface area (Å²) in [7, 11) is 0. The van der Waals surface area contributed by atoms with Crippen molar-refractivity contribution in [2.75, 3.05) is 5.32 Å². The van der Waals surface area contributed by atoms with Gasteiger partial charge in [0.05, 0.1) is 11.3 Å². The largest absolute Gasteiger partial charge is 0.448 e. The third kappa shape index (κ3) is 2.80. The molecule has 6 heteroatoms. The number of nitrogens with one attached hydrogen (secondary N) is 1. The molecule has 1 heterocycles. The van der Waals surface area contributed by atoms with Crippen LogP contribution in [0.2, 0.25) is 5.02 Å². The Morgan fingerprint density at radius 2 is 2.05 bits per heavy atom. The number of esters is 1. The second-order valence-corrected chi connectivity index (χ2v) is 5.31. The maximum atomic E-state index is 13.5. The fraction of sp³-hybridized carbons (Fsp3) is 0.125. The molecule has 1 unspecified atom stereocenters. The van der Waals surface area contributed by atoms with E-state index in [4.69, 9.17) is 16.3 Å². The minimum absolute atomic E-state index is 0.0421. The average molecular weight is 320 g/mol. The predicted molar refractivity (Wildman–Crippen MR) is 79.4 cm³/mol. The van der Waals surface area contributed by atoms with Crippen molar-refractivity contribution in [3.8, 4) is 0 Å². The Labute approximate surface area is 130 Å². The molecule has 1 atom stereocenters. The molecule has 1 aliphatic heterocycles. The van der Waals surface area contributed by atoms with E-state index in [2.05, 4.69) is 5.32 Å². The molecule has 0 saturated carbocycles. The highest BCUT2D eigenvalue weighted by atomic mass is 35.5. The van der Waals surface area contributed by atoms with Crippen LogP contribution < -0.4 is 5.32 Å². The zero-order chi connectivity index (χ0) is 15.7. The van der Waals surface area contributed by atoms with Crippen molar-refractivity contribution in [2.45, 2.75) is 12.5 Å². The fourth-order valence-electron chi connectivity index (χ4n) is 2.29. The number of amides is 1. The third-order valence-electron chi connectivity index (χ3n) is 3.37. The smallest absolute Gasteiger partial charge is 0.339 e. The van der Waals surface area contributed by atoms with Crippen LogP contribution in [0.4, 0.5) is 10.1 Å². The average Bonchev–Trinajstić information content (AvgIpc) is 2.49. The van der Waals surface area contributed by atoms with Crippen LogP contribution in [0.25, 0.3) is 0 Å². The van der Waals surface area contributed by atoms with E-state index in [1.165, 1.54) is 18.2 Å². The first kappa shape index (κ1) is 14.5. The van der Waals surface area contributed by atoms with Gasteiger partial charge >= 0.3 is 5.97 Å². The van der Waals surface area contributed by atoms with Crippen LogP contribution in [0.1, 0.15) is 15.9 Å². The highest BCUT2D eigenvalue weighted by molar-refractivity contribution is 6.30. The van der Waals surface area contributed by atoms with Gasteiger partial charge in [-0.3, -0.25) is 4.79 Å². The minimum atomic E-state index is -1.02. The zero-order valence-electron chi connectivity index (χ0n) is 11.3. The Bertz CT molecular complexity index is 763. The van der Waals surface area contributed by atoms with Crippen molar-refractivity contribution in [2.24, 2.45) is 0 Å². The van der Waals surface area contributed by atoms with Crippen molar-refractivity contribution in [3.05, 3.63) is 64.4 Å². The highest BCUT2D eigenvalue weighted by Crippen LogP contribution is 2.25. The molecular formula is C16H11ClFNO3. The molecule has 0 saturated heterocycles. The standard InChI is InChI=1S/C16H11ClFNO3/c17-10-5-6-11-9(7-10)8-14(22-16(11)21)15(20)19-13-4-2-1-3-12(13)18/h1-7,14H,8H2,(H,19,20). The summed E-state index contributed by atoms with van der Waals surface area (Å²) < 4.78 is 18.7. The Hall–Kier alpha value is -2.40.